The van der Waals surface area contributed by atoms with Crippen LogP contribution in [0, 0.1) is 0 Å². The van der Waals surface area contributed by atoms with Crippen molar-refractivity contribution in [2.45, 2.75) is 38.3 Å². The Bertz CT molecular complexity index is 723. The van der Waals surface area contributed by atoms with E-state index in [0.717, 1.165) is 37.3 Å². The van der Waals surface area contributed by atoms with Gasteiger partial charge in [0.2, 0.25) is 0 Å². The van der Waals surface area contributed by atoms with E-state index in [1.165, 1.54) is 19.3 Å². The van der Waals surface area contributed by atoms with E-state index in [2.05, 4.69) is 20.2 Å². The van der Waals surface area contributed by atoms with Gasteiger partial charge in [0, 0.05) is 50.2 Å². The van der Waals surface area contributed by atoms with Crippen molar-refractivity contribution in [1.29, 1.82) is 0 Å². The summed E-state index contributed by atoms with van der Waals surface area (Å²) in [6, 6.07) is 5.86. The molecule has 0 bridgehead atoms. The Hall–Kier alpha value is -2.22. The zero-order valence-corrected chi connectivity index (χ0v) is 17.2. The molecule has 2 N–H and O–H groups in total. The van der Waals surface area contributed by atoms with Crippen LogP contribution in [0.4, 0.5) is 0 Å². The highest BCUT2D eigenvalue weighted by Gasteiger charge is 2.17. The maximum atomic E-state index is 10.4. The van der Waals surface area contributed by atoms with Crippen molar-refractivity contribution < 1.29 is 14.6 Å². The van der Waals surface area contributed by atoms with Crippen LogP contribution in [0.15, 0.2) is 36.8 Å². The third kappa shape index (κ3) is 6.96. The lowest BCUT2D eigenvalue weighted by Crippen LogP contribution is -2.38. The molecule has 7 nitrogen and oxygen atoms in total. The van der Waals surface area contributed by atoms with Crippen LogP contribution < -0.4 is 14.8 Å². The Morgan fingerprint density at radius 2 is 2.07 bits per heavy atom. The standard InChI is InChI=1S/C22H32N4O3/c1-28-21-7-5-6-18(14-23-9-8-19-15-24-10-11-25-19)22(21)29-17-20(27)16-26-12-3-2-4-13-26/h5-7,10-11,15,20,23,27H,2-4,8-9,12-14,16-17H2,1H3. The van der Waals surface area contributed by atoms with Gasteiger partial charge in [-0.2, -0.15) is 0 Å². The number of piperidine rings is 1. The average Bonchev–Trinajstić information content (AvgIpc) is 2.77. The lowest BCUT2D eigenvalue weighted by Gasteiger charge is -2.28. The highest BCUT2D eigenvalue weighted by atomic mass is 16.5. The van der Waals surface area contributed by atoms with E-state index in [4.69, 9.17) is 9.47 Å². The van der Waals surface area contributed by atoms with E-state index in [1.807, 2.05) is 18.2 Å². The highest BCUT2D eigenvalue weighted by molar-refractivity contribution is 5.46. The first-order valence-electron chi connectivity index (χ1n) is 10.4. The average molecular weight is 401 g/mol. The molecule has 0 radical (unpaired) electrons. The molecule has 29 heavy (non-hydrogen) atoms. The number of aliphatic hydroxyl groups excluding tert-OH is 1. The van der Waals surface area contributed by atoms with Crippen LogP contribution in [0.25, 0.3) is 0 Å². The molecule has 2 aromatic rings. The monoisotopic (exact) mass is 400 g/mol. The van der Waals surface area contributed by atoms with Gasteiger partial charge in [0.25, 0.3) is 0 Å². The molecule has 1 unspecified atom stereocenters. The summed E-state index contributed by atoms with van der Waals surface area (Å²) < 4.78 is 11.5. The summed E-state index contributed by atoms with van der Waals surface area (Å²) in [4.78, 5) is 10.7. The first-order valence-corrected chi connectivity index (χ1v) is 10.4. The Kier molecular flexibility index (Phi) is 8.67. The van der Waals surface area contributed by atoms with Crippen molar-refractivity contribution in [3.63, 3.8) is 0 Å². The molecule has 2 heterocycles. The smallest absolute Gasteiger partial charge is 0.165 e. The Morgan fingerprint density at radius 1 is 1.21 bits per heavy atom. The normalized spacial score (nSPS) is 15.8. The summed E-state index contributed by atoms with van der Waals surface area (Å²) in [5.74, 6) is 1.38. The van der Waals surface area contributed by atoms with Crippen LogP contribution in [0.1, 0.15) is 30.5 Å². The van der Waals surface area contributed by atoms with E-state index >= 15 is 0 Å². The van der Waals surface area contributed by atoms with Crippen molar-refractivity contribution in [1.82, 2.24) is 20.2 Å². The fourth-order valence-electron chi connectivity index (χ4n) is 3.60. The van der Waals surface area contributed by atoms with Crippen LogP contribution in [0.5, 0.6) is 11.5 Å². The highest BCUT2D eigenvalue weighted by Crippen LogP contribution is 2.31. The molecule has 1 aliphatic heterocycles. The van der Waals surface area contributed by atoms with Gasteiger partial charge in [0.1, 0.15) is 12.7 Å². The maximum absolute atomic E-state index is 10.4. The quantitative estimate of drug-likeness (QED) is 0.559. The molecule has 158 valence electrons. The second-order valence-electron chi connectivity index (χ2n) is 7.40. The van der Waals surface area contributed by atoms with Crippen molar-refractivity contribution >= 4 is 0 Å². The predicted molar refractivity (Wildman–Crippen MR) is 112 cm³/mol. The van der Waals surface area contributed by atoms with Crippen molar-refractivity contribution in [3.05, 3.63) is 48.0 Å². The number of aliphatic hydroxyl groups is 1. The maximum Gasteiger partial charge on any atom is 0.165 e. The topological polar surface area (TPSA) is 79.7 Å². The van der Waals surface area contributed by atoms with Gasteiger partial charge in [-0.05, 0) is 32.0 Å². The van der Waals surface area contributed by atoms with Crippen LogP contribution in [0.2, 0.25) is 0 Å². The number of nitrogens with one attached hydrogen (secondary N) is 1. The molecule has 1 aromatic heterocycles. The first kappa shape index (κ1) is 21.5. The number of hydrogen-bond donors (Lipinski definition) is 2. The largest absolute Gasteiger partial charge is 0.493 e. The summed E-state index contributed by atoms with van der Waals surface area (Å²) in [5.41, 5.74) is 1.97. The second kappa shape index (κ2) is 11.7. The number of para-hydroxylation sites is 1. The van der Waals surface area contributed by atoms with Gasteiger partial charge < -0.3 is 24.8 Å². The lowest BCUT2D eigenvalue weighted by molar-refractivity contribution is 0.0605. The first-order chi connectivity index (χ1) is 14.3. The second-order valence-corrected chi connectivity index (χ2v) is 7.40. The molecule has 0 amide bonds. The van der Waals surface area contributed by atoms with Gasteiger partial charge in [-0.1, -0.05) is 18.6 Å². The summed E-state index contributed by atoms with van der Waals surface area (Å²) in [5, 5.41) is 13.8. The zero-order chi connectivity index (χ0) is 20.3. The zero-order valence-electron chi connectivity index (χ0n) is 17.2. The van der Waals surface area contributed by atoms with E-state index in [1.54, 1.807) is 25.7 Å². The Labute approximate surface area is 173 Å². The number of methoxy groups -OCH3 is 1. The third-order valence-corrected chi connectivity index (χ3v) is 5.11. The third-order valence-electron chi connectivity index (χ3n) is 5.11. The Morgan fingerprint density at radius 3 is 2.83 bits per heavy atom. The summed E-state index contributed by atoms with van der Waals surface area (Å²) in [6.45, 7) is 4.46. The molecule has 1 atom stereocenters. The number of likely N-dealkylation sites (tertiary alicyclic amines) is 1. The molecular formula is C22H32N4O3. The van der Waals surface area contributed by atoms with Crippen LogP contribution >= 0.6 is 0 Å². The molecule has 1 fully saturated rings. The van der Waals surface area contributed by atoms with Crippen LogP contribution in [0.3, 0.4) is 0 Å². The van der Waals surface area contributed by atoms with E-state index in [9.17, 15) is 5.11 Å². The number of aromatic nitrogens is 2. The van der Waals surface area contributed by atoms with E-state index in [-0.39, 0.29) is 6.61 Å². The van der Waals surface area contributed by atoms with Gasteiger partial charge in [0.15, 0.2) is 11.5 Å². The fourth-order valence-corrected chi connectivity index (χ4v) is 3.60. The molecule has 1 aliphatic rings. The number of rotatable bonds is 11. The van der Waals surface area contributed by atoms with Gasteiger partial charge in [-0.3, -0.25) is 9.97 Å². The van der Waals surface area contributed by atoms with Crippen LogP contribution in [-0.4, -0.2) is 66.0 Å². The predicted octanol–water partition coefficient (Wildman–Crippen LogP) is 2.04. The summed E-state index contributed by atoms with van der Waals surface area (Å²) in [7, 11) is 1.64. The van der Waals surface area contributed by atoms with Crippen molar-refractivity contribution in [3.8, 4) is 11.5 Å². The molecule has 3 rings (SSSR count). The number of benzene rings is 1. The van der Waals surface area contributed by atoms with Crippen molar-refractivity contribution in [2.24, 2.45) is 0 Å². The van der Waals surface area contributed by atoms with Gasteiger partial charge >= 0.3 is 0 Å². The molecule has 0 saturated carbocycles. The SMILES string of the molecule is COc1cccc(CNCCc2cnccn2)c1OCC(O)CN1CCCCC1. The minimum Gasteiger partial charge on any atom is -0.493 e. The minimum atomic E-state index is -0.518. The van der Waals surface area contributed by atoms with Gasteiger partial charge in [0.05, 0.1) is 12.8 Å². The Balaban J connectivity index is 1.51. The molecule has 1 saturated heterocycles. The summed E-state index contributed by atoms with van der Waals surface area (Å²) >= 11 is 0. The molecule has 0 spiro atoms. The van der Waals surface area contributed by atoms with Crippen molar-refractivity contribution in [2.75, 3.05) is 39.9 Å². The fraction of sp³-hybridized carbons (Fsp3) is 0.545. The number of β-amino-alcohol motifs (C(OH)–C–C–N with tert-alkyl or cyclic N) is 1. The van der Waals surface area contributed by atoms with Crippen LogP contribution in [-0.2, 0) is 13.0 Å². The molecule has 1 aromatic carbocycles. The van der Waals surface area contributed by atoms with Gasteiger partial charge in [-0.25, -0.2) is 0 Å². The molecule has 0 aliphatic carbocycles. The number of nitrogens with zero attached hydrogens (tertiary/aromatic N) is 3. The summed E-state index contributed by atoms with van der Waals surface area (Å²) in [6.07, 6.45) is 9.17. The van der Waals surface area contributed by atoms with E-state index < -0.39 is 6.10 Å². The van der Waals surface area contributed by atoms with Gasteiger partial charge in [-0.15, -0.1) is 0 Å². The molecule has 7 heteroatoms. The lowest BCUT2D eigenvalue weighted by atomic mass is 10.1. The number of ether oxygens (including phenoxy) is 2. The number of hydrogen-bond acceptors (Lipinski definition) is 7. The molecular weight excluding hydrogens is 368 g/mol. The van der Waals surface area contributed by atoms with E-state index in [0.29, 0.717) is 24.6 Å². The minimum absolute atomic E-state index is 0.253.